The molecule has 0 aromatic heterocycles. The molecule has 0 radical (unpaired) electrons. The van der Waals surface area contributed by atoms with E-state index in [0.29, 0.717) is 0 Å². The van der Waals surface area contributed by atoms with Gasteiger partial charge in [0.05, 0.1) is 0 Å². The first-order valence-corrected chi connectivity index (χ1v) is 3.28. The molecule has 0 aliphatic carbocycles. The van der Waals surface area contributed by atoms with E-state index in [0.717, 1.165) is 10.7 Å². The first-order chi connectivity index (χ1) is 1.91. The molecule has 0 heterocycles. The van der Waals surface area contributed by atoms with Crippen molar-refractivity contribution in [2.24, 2.45) is 0 Å². The Hall–Kier alpha value is 0.960. The summed E-state index contributed by atoms with van der Waals surface area (Å²) in [7, 11) is 0. The first kappa shape index (κ1) is 4.96. The molecule has 0 aromatic rings. The Morgan fingerprint density at radius 1 is 1.00 bits per heavy atom. The van der Waals surface area contributed by atoms with Gasteiger partial charge in [-0.05, 0) is 0 Å². The van der Waals surface area contributed by atoms with Gasteiger partial charge in [-0.1, -0.05) is 31.9 Å². The third-order valence-electron chi connectivity index (χ3n) is 0.0714. The number of hydrogen-bond acceptors (Lipinski definition) is 0. The summed E-state index contributed by atoms with van der Waals surface area (Å²) in [5.74, 6) is 0. The van der Waals surface area contributed by atoms with E-state index in [1.54, 1.807) is 0 Å². The van der Waals surface area contributed by atoms with E-state index >= 15 is 0 Å². The molecule has 0 aliphatic rings. The average Bonchev–Trinajstić information content (AvgIpc) is 1.37. The van der Waals surface area contributed by atoms with Gasteiger partial charge in [-0.25, -0.2) is 0 Å². The molecule has 4 heavy (non-hydrogen) atoms. The van der Waals surface area contributed by atoms with Crippen LogP contribution in [0.3, 0.4) is 0 Å². The third kappa shape index (κ3) is 2.96. The number of halogens is 2. The Kier molecular flexibility index (Phi) is 4.91. The molecule has 0 atom stereocenters. The summed E-state index contributed by atoms with van der Waals surface area (Å²) >= 11 is 6.40. The van der Waals surface area contributed by atoms with Crippen molar-refractivity contribution in [2.75, 3.05) is 10.7 Å². The molecule has 0 amide bonds. The molecule has 0 spiro atoms. The number of alkyl halides is 2. The second-order valence-electron chi connectivity index (χ2n) is 0.378. The van der Waals surface area contributed by atoms with Gasteiger partial charge in [-0.3, -0.25) is 0 Å². The first-order valence-electron chi connectivity index (χ1n) is 1.03. The molecule has 0 saturated heterocycles. The molecule has 0 aromatic carbocycles. The molecule has 0 unspecified atom stereocenters. The zero-order chi connectivity index (χ0) is 3.41. The molecule has 26 valence electrons. The predicted octanol–water partition coefficient (Wildman–Crippen LogP) is 1.78. The Bertz CT molecular complexity index is 6.00. The average molecular weight is 192 g/mol. The standard InChI is InChI=1S/C2H4Br2/c3-1-2-4/h1-2H2/i1+2,2+2. The van der Waals surface area contributed by atoms with Crippen molar-refractivity contribution < 1.29 is 0 Å². The topological polar surface area (TPSA) is 0 Å². The van der Waals surface area contributed by atoms with Crippen LogP contribution in [0, 0.1) is 0 Å². The van der Waals surface area contributed by atoms with Crippen molar-refractivity contribution in [3.63, 3.8) is 0 Å². The van der Waals surface area contributed by atoms with Crippen molar-refractivity contribution in [2.45, 2.75) is 0 Å². The Balaban J connectivity index is 1.97. The van der Waals surface area contributed by atoms with E-state index in [-0.39, 0.29) is 0 Å². The van der Waals surface area contributed by atoms with Gasteiger partial charge < -0.3 is 0 Å². The molecule has 0 aliphatic heterocycles. The summed E-state index contributed by atoms with van der Waals surface area (Å²) in [4.78, 5) is 0. The van der Waals surface area contributed by atoms with Gasteiger partial charge in [0.2, 0.25) is 0 Å². The van der Waals surface area contributed by atoms with Gasteiger partial charge in [0, 0.05) is 10.7 Å². The molecule has 2 heteroatoms. The largest absolute Gasteiger partial charge is 0.0919 e. The summed E-state index contributed by atoms with van der Waals surface area (Å²) < 4.78 is 0. The Morgan fingerprint density at radius 2 is 1.25 bits per heavy atom. The minimum absolute atomic E-state index is 1.05. The highest BCUT2D eigenvalue weighted by Gasteiger charge is 1.60. The van der Waals surface area contributed by atoms with Crippen LogP contribution in [0.15, 0.2) is 0 Å². The Labute approximate surface area is 42.8 Å². The molecule has 0 nitrogen and oxygen atoms in total. The fourth-order valence-electron chi connectivity index (χ4n) is 0. The normalized spacial score (nSPS) is 7.50. The van der Waals surface area contributed by atoms with Crippen LogP contribution in [0.4, 0.5) is 0 Å². The summed E-state index contributed by atoms with van der Waals surface area (Å²) in [5, 5.41) is 2.10. The van der Waals surface area contributed by atoms with Gasteiger partial charge in [0.15, 0.2) is 0 Å². The van der Waals surface area contributed by atoms with Crippen LogP contribution in [0.1, 0.15) is 0 Å². The van der Waals surface area contributed by atoms with E-state index in [1.165, 1.54) is 0 Å². The maximum atomic E-state index is 3.20. The maximum Gasteiger partial charge on any atom is 0.0129 e. The second-order valence-corrected chi connectivity index (χ2v) is 1.96. The third-order valence-corrected chi connectivity index (χ3v) is 1.93. The van der Waals surface area contributed by atoms with Gasteiger partial charge >= 0.3 is 0 Å². The van der Waals surface area contributed by atoms with Crippen LogP contribution in [0.5, 0.6) is 0 Å². The molecule has 0 saturated carbocycles. The van der Waals surface area contributed by atoms with Crippen molar-refractivity contribution >= 4 is 31.9 Å². The van der Waals surface area contributed by atoms with E-state index in [4.69, 9.17) is 0 Å². The minimum Gasteiger partial charge on any atom is -0.0919 e. The smallest absolute Gasteiger partial charge is 0.0129 e. The molecule has 0 fully saturated rings. The second kappa shape index (κ2) is 3.96. The quantitative estimate of drug-likeness (QED) is 0.555. The van der Waals surface area contributed by atoms with Gasteiger partial charge in [-0.2, -0.15) is 0 Å². The van der Waals surface area contributed by atoms with Crippen molar-refractivity contribution in [1.82, 2.24) is 0 Å². The summed E-state index contributed by atoms with van der Waals surface area (Å²) in [6.45, 7) is 0. The van der Waals surface area contributed by atoms with Crippen molar-refractivity contribution in [3.8, 4) is 0 Å². The van der Waals surface area contributed by atoms with Crippen LogP contribution in [0.2, 0.25) is 0 Å². The molecular formula is C2H4Br2. The highest BCUT2D eigenvalue weighted by Crippen LogP contribution is 1.82. The van der Waals surface area contributed by atoms with Crippen molar-refractivity contribution in [1.29, 1.82) is 0 Å². The van der Waals surface area contributed by atoms with E-state index in [1.807, 2.05) is 0 Å². The molecular weight excluding hydrogens is 188 g/mol. The van der Waals surface area contributed by atoms with Crippen LogP contribution >= 0.6 is 31.9 Å². The fraction of sp³-hybridized carbons (Fsp3) is 1.00. The summed E-state index contributed by atoms with van der Waals surface area (Å²) in [6.07, 6.45) is 0. The molecule has 0 N–H and O–H groups in total. The lowest BCUT2D eigenvalue weighted by atomic mass is 13.0. The van der Waals surface area contributed by atoms with Crippen LogP contribution in [-0.4, -0.2) is 10.7 Å². The highest BCUT2D eigenvalue weighted by molar-refractivity contribution is 9.11. The molecule has 0 rings (SSSR count). The zero-order valence-corrected chi connectivity index (χ0v) is 5.34. The maximum absolute atomic E-state index is 3.20. The molecule has 0 bridgehead atoms. The van der Waals surface area contributed by atoms with Gasteiger partial charge in [0.25, 0.3) is 0 Å². The number of rotatable bonds is 1. The zero-order valence-electron chi connectivity index (χ0n) is 2.17. The minimum atomic E-state index is 1.05. The van der Waals surface area contributed by atoms with E-state index in [2.05, 4.69) is 31.9 Å². The van der Waals surface area contributed by atoms with Crippen LogP contribution in [0.25, 0.3) is 0 Å². The highest BCUT2D eigenvalue weighted by atomic mass is 79.9. The lowest BCUT2D eigenvalue weighted by Crippen LogP contribution is -1.61. The fourth-order valence-corrected chi connectivity index (χ4v) is 0. The van der Waals surface area contributed by atoms with E-state index in [9.17, 15) is 0 Å². The summed E-state index contributed by atoms with van der Waals surface area (Å²) in [5.41, 5.74) is 0. The van der Waals surface area contributed by atoms with Crippen LogP contribution in [-0.2, 0) is 0 Å². The summed E-state index contributed by atoms with van der Waals surface area (Å²) in [6, 6.07) is 0. The van der Waals surface area contributed by atoms with E-state index < -0.39 is 0 Å². The van der Waals surface area contributed by atoms with Gasteiger partial charge in [0.1, 0.15) is 0 Å². The van der Waals surface area contributed by atoms with Gasteiger partial charge in [-0.15, -0.1) is 0 Å². The van der Waals surface area contributed by atoms with Crippen molar-refractivity contribution in [3.05, 3.63) is 0 Å². The Morgan fingerprint density at radius 3 is 1.25 bits per heavy atom. The lowest BCUT2D eigenvalue weighted by molar-refractivity contribution is 1.62. The lowest BCUT2D eigenvalue weighted by Gasteiger charge is -1.63. The van der Waals surface area contributed by atoms with Crippen LogP contribution < -0.4 is 0 Å². The monoisotopic (exact) mass is 190 g/mol. The predicted molar refractivity (Wildman–Crippen MR) is 27.6 cm³/mol. The SMILES string of the molecule is Br[14CH2][14CH2]Br. The number of hydrogen-bond donors (Lipinski definition) is 0.